The first kappa shape index (κ1) is 43.1. The molecule has 9 N–H and O–H groups in total. The van der Waals surface area contributed by atoms with Crippen molar-refractivity contribution in [2.45, 2.75) is 96.1 Å². The van der Waals surface area contributed by atoms with Gasteiger partial charge in [0.1, 0.15) is 23.7 Å². The number of aliphatic carboxylic acids is 1. The molecule has 1 aromatic carbocycles. The van der Waals surface area contributed by atoms with Crippen LogP contribution < -0.4 is 37.6 Å². The number of hydrogen-bond donors (Lipinski definition) is 8. The van der Waals surface area contributed by atoms with Crippen LogP contribution in [-0.2, 0) is 28.8 Å². The fraction of sp³-hybridized carbons (Fsp3) is 0.594. The van der Waals surface area contributed by atoms with Crippen molar-refractivity contribution in [1.29, 1.82) is 0 Å². The van der Waals surface area contributed by atoms with E-state index in [9.17, 15) is 37.1 Å². The second-order valence-corrected chi connectivity index (χ2v) is 12.1. The first-order valence-electron chi connectivity index (χ1n) is 16.2. The van der Waals surface area contributed by atoms with Gasteiger partial charge in [0.25, 0.3) is 0 Å². The zero-order valence-electron chi connectivity index (χ0n) is 28.9. The molecule has 1 aliphatic heterocycles. The summed E-state index contributed by atoms with van der Waals surface area (Å²) in [6.07, 6.45) is -2.86. The molecule has 1 heterocycles. The lowest BCUT2D eigenvalue weighted by Crippen LogP contribution is -2.62. The highest BCUT2D eigenvalue weighted by Crippen LogP contribution is 2.18. The van der Waals surface area contributed by atoms with Gasteiger partial charge in [-0.15, -0.1) is 0 Å². The Morgan fingerprint density at radius 2 is 1.62 bits per heavy atom. The van der Waals surface area contributed by atoms with Gasteiger partial charge >= 0.3 is 12.1 Å². The first-order valence-corrected chi connectivity index (χ1v) is 16.2. The van der Waals surface area contributed by atoms with Crippen molar-refractivity contribution in [2.75, 3.05) is 20.1 Å². The molecule has 0 aromatic heterocycles. The average molecular weight is 715 g/mol. The van der Waals surface area contributed by atoms with E-state index in [-0.39, 0.29) is 43.0 Å². The zero-order valence-corrected chi connectivity index (χ0v) is 28.9. The molecule has 0 radical (unpaired) electrons. The number of aliphatic imine (C=N–C) groups is 1. The molecule has 0 unspecified atom stereocenters. The molecule has 5 amide bonds. The predicted octanol–water partition coefficient (Wildman–Crippen LogP) is 1.00. The fourth-order valence-electron chi connectivity index (χ4n) is 4.57. The van der Waals surface area contributed by atoms with E-state index in [1.807, 2.05) is 6.07 Å². The highest BCUT2D eigenvalue weighted by atomic mass is 19.4. The predicted molar refractivity (Wildman–Crippen MR) is 178 cm³/mol. The molecule has 1 aromatic rings. The van der Waals surface area contributed by atoms with Crippen LogP contribution in [0.5, 0.6) is 0 Å². The van der Waals surface area contributed by atoms with Crippen LogP contribution in [0.25, 0.3) is 0 Å². The molecule has 1 aliphatic rings. The molecular weight excluding hydrogens is 665 g/mol. The Labute approximate surface area is 289 Å². The summed E-state index contributed by atoms with van der Waals surface area (Å²) in [5, 5.41) is 24.1. The Bertz CT molecular complexity index is 1340. The van der Waals surface area contributed by atoms with Gasteiger partial charge in [0.05, 0.1) is 0 Å². The van der Waals surface area contributed by atoms with Gasteiger partial charge in [0.2, 0.25) is 29.5 Å². The van der Waals surface area contributed by atoms with Gasteiger partial charge in [-0.3, -0.25) is 29.0 Å². The number of rotatable bonds is 8. The maximum Gasteiger partial charge on any atom is 0.490 e. The van der Waals surface area contributed by atoms with Crippen molar-refractivity contribution in [3.05, 3.63) is 35.9 Å². The molecule has 18 heteroatoms. The van der Waals surface area contributed by atoms with E-state index in [1.54, 1.807) is 59.0 Å². The van der Waals surface area contributed by atoms with Gasteiger partial charge in [0.15, 0.2) is 5.96 Å². The number of benzene rings is 1. The molecule has 1 saturated heterocycles. The number of guanidine groups is 1. The second kappa shape index (κ2) is 20.6. The summed E-state index contributed by atoms with van der Waals surface area (Å²) in [5.74, 6) is -5.16. The van der Waals surface area contributed by atoms with Gasteiger partial charge in [-0.05, 0) is 51.0 Å². The van der Waals surface area contributed by atoms with Crippen molar-refractivity contribution in [3.63, 3.8) is 0 Å². The maximum absolute atomic E-state index is 13.7. The normalized spacial score (nSPS) is 22.9. The first-order chi connectivity index (χ1) is 23.4. The third-order valence-electron chi connectivity index (χ3n) is 7.63. The van der Waals surface area contributed by atoms with E-state index >= 15 is 0 Å². The van der Waals surface area contributed by atoms with Crippen LogP contribution in [0, 0.1) is 5.92 Å². The Hall–Kier alpha value is -4.90. The number of carboxylic acid groups (broad SMARTS) is 1. The Morgan fingerprint density at radius 1 is 1.02 bits per heavy atom. The number of alkyl halides is 3. The molecule has 2 rings (SSSR count). The van der Waals surface area contributed by atoms with Gasteiger partial charge in [-0.1, -0.05) is 51.1 Å². The molecule has 50 heavy (non-hydrogen) atoms. The van der Waals surface area contributed by atoms with Crippen LogP contribution in [0.4, 0.5) is 13.2 Å². The van der Waals surface area contributed by atoms with Crippen LogP contribution in [-0.4, -0.2) is 90.5 Å². The number of carboxylic acids is 1. The fourth-order valence-corrected chi connectivity index (χ4v) is 4.57. The quantitative estimate of drug-likeness (QED) is 0.109. The minimum Gasteiger partial charge on any atom is -0.475 e. The zero-order chi connectivity index (χ0) is 38.1. The maximum atomic E-state index is 13.7. The van der Waals surface area contributed by atoms with Gasteiger partial charge in [-0.25, -0.2) is 4.79 Å². The van der Waals surface area contributed by atoms with E-state index in [2.05, 4.69) is 36.9 Å². The van der Waals surface area contributed by atoms with Crippen molar-refractivity contribution in [3.8, 4) is 0 Å². The summed E-state index contributed by atoms with van der Waals surface area (Å²) in [6.45, 7) is 7.54. The molecule has 15 nitrogen and oxygen atoms in total. The Balaban J connectivity index is 0.00000161. The van der Waals surface area contributed by atoms with Crippen molar-refractivity contribution >= 4 is 41.5 Å². The van der Waals surface area contributed by atoms with Crippen LogP contribution in [0.1, 0.15) is 77.8 Å². The van der Waals surface area contributed by atoms with Gasteiger partial charge < -0.3 is 42.7 Å². The summed E-state index contributed by atoms with van der Waals surface area (Å²) in [5.41, 5.74) is 5.00. The number of carbonyl (C=O) groups excluding carboxylic acids is 5. The largest absolute Gasteiger partial charge is 0.490 e. The Kier molecular flexibility index (Phi) is 17.7. The highest BCUT2D eigenvalue weighted by Gasteiger charge is 2.39. The number of hydrogen-bond acceptors (Lipinski definition) is 7. The topological polar surface area (TPSA) is 233 Å². The molecule has 0 aliphatic carbocycles. The monoisotopic (exact) mass is 714 g/mol. The third kappa shape index (κ3) is 14.7. The number of nitrogens with one attached hydrogen (secondary N) is 6. The highest BCUT2D eigenvalue weighted by molar-refractivity contribution is 5.97. The number of nitrogens with zero attached hydrogens (tertiary/aromatic N) is 1. The molecular formula is C32H49F3N8O7. The van der Waals surface area contributed by atoms with Crippen LogP contribution in [0.2, 0.25) is 0 Å². The van der Waals surface area contributed by atoms with E-state index in [4.69, 9.17) is 15.6 Å². The minimum absolute atomic E-state index is 0.225. The average Bonchev–Trinajstić information content (AvgIpc) is 3.06. The van der Waals surface area contributed by atoms with E-state index in [0.29, 0.717) is 37.9 Å². The van der Waals surface area contributed by atoms with E-state index < -0.39 is 53.5 Å². The lowest BCUT2D eigenvalue weighted by atomic mass is 9.91. The molecule has 0 spiro atoms. The number of carbonyl (C=O) groups is 6. The summed E-state index contributed by atoms with van der Waals surface area (Å²) in [6, 6.07) is 5.94. The van der Waals surface area contributed by atoms with Crippen LogP contribution >= 0.6 is 0 Å². The number of halogens is 3. The summed E-state index contributed by atoms with van der Waals surface area (Å²) >= 11 is 0. The van der Waals surface area contributed by atoms with Crippen molar-refractivity contribution in [1.82, 2.24) is 31.9 Å². The summed E-state index contributed by atoms with van der Waals surface area (Å²) in [7, 11) is 1.55. The minimum atomic E-state index is -5.08. The SMILES string of the molecule is CC[C@@H]1NC(=O)[C@H](CCCNC(N)=NC)NC(=O)[C@](C)(NC(=O)C(C)C)CCCCNC(=O)[C@@H](c2ccccc2)NC1=O.O=C(O)C(F)(F)F. The van der Waals surface area contributed by atoms with Gasteiger partial charge in [0, 0.05) is 26.1 Å². The number of amides is 5. The van der Waals surface area contributed by atoms with Gasteiger partial charge in [-0.2, -0.15) is 13.2 Å². The van der Waals surface area contributed by atoms with E-state index in [0.717, 1.165) is 0 Å². The lowest BCUT2D eigenvalue weighted by Gasteiger charge is -2.33. The molecule has 0 bridgehead atoms. The van der Waals surface area contributed by atoms with Crippen molar-refractivity contribution < 1.29 is 47.0 Å². The standard InChI is InChI=1S/C30H48N8O5.C2HF3O2/c1-6-21-25(40)37-23(20-13-8-7-9-14-20)27(42)33-17-11-10-16-30(4,38-24(39)19(2)3)28(43)36-22(26(41)35-21)15-12-18-34-29(31)32-5;3-2(4,5)1(6)7/h7-9,13-14,19,21-23H,6,10-12,15-18H2,1-5H3,(H,33,42)(H,35,41)(H,36,43)(H,37,40)(H,38,39)(H3,31,32,34);(H,6,7)/t21-,22-,23+,30+;/m0./s1. The summed E-state index contributed by atoms with van der Waals surface area (Å²) < 4.78 is 31.7. The molecule has 1 fully saturated rings. The summed E-state index contributed by atoms with van der Waals surface area (Å²) in [4.78, 5) is 79.3. The smallest absolute Gasteiger partial charge is 0.475 e. The van der Waals surface area contributed by atoms with E-state index in [1.165, 1.54) is 0 Å². The third-order valence-corrected chi connectivity index (χ3v) is 7.63. The van der Waals surface area contributed by atoms with Crippen LogP contribution in [0.15, 0.2) is 35.3 Å². The Morgan fingerprint density at radius 3 is 2.16 bits per heavy atom. The lowest BCUT2D eigenvalue weighted by molar-refractivity contribution is -0.192. The molecule has 280 valence electrons. The second-order valence-electron chi connectivity index (χ2n) is 12.1. The molecule has 0 saturated carbocycles. The van der Waals surface area contributed by atoms with Crippen LogP contribution in [0.3, 0.4) is 0 Å². The number of nitrogens with two attached hydrogens (primary N) is 1. The van der Waals surface area contributed by atoms with Crippen molar-refractivity contribution in [2.24, 2.45) is 16.6 Å². The molecule has 4 atom stereocenters.